The molecule has 2 aromatic carbocycles. The molecule has 0 aliphatic carbocycles. The van der Waals surface area contributed by atoms with Crippen LogP contribution in [0.4, 0.5) is 0 Å². The van der Waals surface area contributed by atoms with Crippen LogP contribution in [-0.4, -0.2) is 11.6 Å². The summed E-state index contributed by atoms with van der Waals surface area (Å²) in [7, 11) is 0. The Labute approximate surface area is 120 Å². The average Bonchev–Trinajstić information content (AvgIpc) is 2.82. The van der Waals surface area contributed by atoms with E-state index in [1.807, 2.05) is 36.4 Å². The van der Waals surface area contributed by atoms with Crippen LogP contribution in [0.3, 0.4) is 0 Å². The molecule has 0 aliphatic heterocycles. The molecule has 3 rings (SSSR count). The van der Waals surface area contributed by atoms with Crippen LogP contribution in [0.25, 0.3) is 10.2 Å². The Balaban J connectivity index is 1.65. The van der Waals surface area contributed by atoms with Crippen LogP contribution in [-0.2, 0) is 6.42 Å². The van der Waals surface area contributed by atoms with Crippen molar-refractivity contribution in [2.24, 2.45) is 0 Å². The zero-order valence-corrected chi connectivity index (χ0v) is 11.7. The summed E-state index contributed by atoms with van der Waals surface area (Å²) in [6.45, 7) is 0.636. The van der Waals surface area contributed by atoms with Crippen molar-refractivity contribution in [1.29, 1.82) is 0 Å². The lowest BCUT2D eigenvalue weighted by Gasteiger charge is -2.01. The highest BCUT2D eigenvalue weighted by atomic mass is 35.5. The number of hydrogen-bond donors (Lipinski definition) is 0. The van der Waals surface area contributed by atoms with E-state index in [0.717, 1.165) is 21.7 Å². The second kappa shape index (κ2) is 5.59. The van der Waals surface area contributed by atoms with Gasteiger partial charge in [0.15, 0.2) is 0 Å². The van der Waals surface area contributed by atoms with Gasteiger partial charge in [-0.05, 0) is 23.8 Å². The van der Waals surface area contributed by atoms with Gasteiger partial charge in [-0.15, -0.1) is 0 Å². The van der Waals surface area contributed by atoms with Gasteiger partial charge in [-0.1, -0.05) is 53.3 Å². The van der Waals surface area contributed by atoms with Crippen molar-refractivity contribution in [3.8, 4) is 5.19 Å². The molecule has 0 saturated carbocycles. The molecule has 1 heterocycles. The molecule has 0 fully saturated rings. The standard InChI is InChI=1S/C15H12ClNOS/c16-12-6-7-13-14(10-12)19-15(17-13)18-9-8-11-4-2-1-3-5-11/h1-7,10H,8-9H2. The molecule has 0 spiro atoms. The number of aromatic nitrogens is 1. The van der Waals surface area contributed by atoms with Gasteiger partial charge < -0.3 is 4.74 Å². The maximum Gasteiger partial charge on any atom is 0.274 e. The van der Waals surface area contributed by atoms with Gasteiger partial charge in [0, 0.05) is 11.4 Å². The Hall–Kier alpha value is -1.58. The van der Waals surface area contributed by atoms with Crippen LogP contribution in [0.15, 0.2) is 48.5 Å². The summed E-state index contributed by atoms with van der Waals surface area (Å²) in [5.74, 6) is 0. The molecule has 2 nitrogen and oxygen atoms in total. The summed E-state index contributed by atoms with van der Waals surface area (Å²) in [4.78, 5) is 4.42. The molecule has 0 saturated heterocycles. The van der Waals surface area contributed by atoms with Crippen LogP contribution >= 0.6 is 22.9 Å². The van der Waals surface area contributed by atoms with Crippen LogP contribution in [0.1, 0.15) is 5.56 Å². The Morgan fingerprint density at radius 3 is 2.79 bits per heavy atom. The van der Waals surface area contributed by atoms with Crippen molar-refractivity contribution >= 4 is 33.2 Å². The zero-order valence-electron chi connectivity index (χ0n) is 10.2. The SMILES string of the molecule is Clc1ccc2nc(OCCc3ccccc3)sc2c1. The smallest absolute Gasteiger partial charge is 0.274 e. The maximum absolute atomic E-state index is 5.95. The van der Waals surface area contributed by atoms with Gasteiger partial charge in [0.1, 0.15) is 0 Å². The van der Waals surface area contributed by atoms with Crippen molar-refractivity contribution in [2.45, 2.75) is 6.42 Å². The Morgan fingerprint density at radius 1 is 1.11 bits per heavy atom. The molecule has 0 atom stereocenters. The van der Waals surface area contributed by atoms with Crippen LogP contribution in [0, 0.1) is 0 Å². The van der Waals surface area contributed by atoms with E-state index < -0.39 is 0 Å². The quantitative estimate of drug-likeness (QED) is 0.702. The first kappa shape index (κ1) is 12.5. The topological polar surface area (TPSA) is 22.1 Å². The number of thiazole rings is 1. The van der Waals surface area contributed by atoms with E-state index in [2.05, 4.69) is 17.1 Å². The molecule has 0 amide bonds. The molecule has 0 N–H and O–H groups in total. The zero-order chi connectivity index (χ0) is 13.1. The van der Waals surface area contributed by atoms with E-state index in [0.29, 0.717) is 11.8 Å². The molecule has 0 bridgehead atoms. The van der Waals surface area contributed by atoms with E-state index >= 15 is 0 Å². The molecule has 19 heavy (non-hydrogen) atoms. The average molecular weight is 290 g/mol. The number of rotatable bonds is 4. The Bertz CT molecular complexity index is 681. The monoisotopic (exact) mass is 289 g/mol. The minimum Gasteiger partial charge on any atom is -0.470 e. The second-order valence-electron chi connectivity index (χ2n) is 4.18. The molecule has 0 aliphatic rings. The van der Waals surface area contributed by atoms with Gasteiger partial charge in [0.25, 0.3) is 5.19 Å². The number of ether oxygens (including phenoxy) is 1. The van der Waals surface area contributed by atoms with Crippen molar-refractivity contribution in [3.05, 3.63) is 59.1 Å². The van der Waals surface area contributed by atoms with Crippen LogP contribution < -0.4 is 4.74 Å². The molecule has 3 aromatic rings. The van der Waals surface area contributed by atoms with E-state index in [9.17, 15) is 0 Å². The Morgan fingerprint density at radius 2 is 1.95 bits per heavy atom. The molecule has 1 aromatic heterocycles. The fourth-order valence-electron chi connectivity index (χ4n) is 1.84. The lowest BCUT2D eigenvalue weighted by atomic mass is 10.2. The first-order valence-corrected chi connectivity index (χ1v) is 7.23. The largest absolute Gasteiger partial charge is 0.470 e. The van der Waals surface area contributed by atoms with Crippen molar-refractivity contribution in [1.82, 2.24) is 4.98 Å². The van der Waals surface area contributed by atoms with Crippen molar-refractivity contribution < 1.29 is 4.74 Å². The summed E-state index contributed by atoms with van der Waals surface area (Å²) < 4.78 is 6.76. The Kier molecular flexibility index (Phi) is 3.67. The number of benzene rings is 2. The van der Waals surface area contributed by atoms with Crippen molar-refractivity contribution in [2.75, 3.05) is 6.61 Å². The highest BCUT2D eigenvalue weighted by Gasteiger charge is 2.05. The number of fused-ring (bicyclic) bond motifs is 1. The molecule has 0 unspecified atom stereocenters. The molecule has 96 valence electrons. The summed E-state index contributed by atoms with van der Waals surface area (Å²) in [6, 6.07) is 16.0. The van der Waals surface area contributed by atoms with E-state index in [1.165, 1.54) is 16.9 Å². The summed E-state index contributed by atoms with van der Waals surface area (Å²) in [5, 5.41) is 1.43. The van der Waals surface area contributed by atoms with Crippen LogP contribution in [0.2, 0.25) is 5.02 Å². The van der Waals surface area contributed by atoms with Gasteiger partial charge in [-0.25, -0.2) is 4.98 Å². The third-order valence-corrected chi connectivity index (χ3v) is 3.96. The van der Waals surface area contributed by atoms with Gasteiger partial charge in [0.2, 0.25) is 0 Å². The lowest BCUT2D eigenvalue weighted by Crippen LogP contribution is -2.00. The first-order valence-electron chi connectivity index (χ1n) is 6.04. The predicted octanol–water partition coefficient (Wildman–Crippen LogP) is 4.57. The lowest BCUT2D eigenvalue weighted by molar-refractivity contribution is 0.321. The fraction of sp³-hybridized carbons (Fsp3) is 0.133. The molecular formula is C15H12ClNOS. The van der Waals surface area contributed by atoms with Gasteiger partial charge in [0.05, 0.1) is 16.8 Å². The fourth-order valence-corrected chi connectivity index (χ4v) is 2.96. The van der Waals surface area contributed by atoms with Gasteiger partial charge in [-0.2, -0.15) is 0 Å². The molecular weight excluding hydrogens is 278 g/mol. The maximum atomic E-state index is 5.95. The minimum atomic E-state index is 0.636. The number of nitrogens with zero attached hydrogens (tertiary/aromatic N) is 1. The van der Waals surface area contributed by atoms with E-state index in [4.69, 9.17) is 16.3 Å². The van der Waals surface area contributed by atoms with Gasteiger partial charge in [-0.3, -0.25) is 0 Å². The highest BCUT2D eigenvalue weighted by Crippen LogP contribution is 2.29. The van der Waals surface area contributed by atoms with Crippen molar-refractivity contribution in [3.63, 3.8) is 0 Å². The summed E-state index contributed by atoms with van der Waals surface area (Å²) >= 11 is 7.48. The van der Waals surface area contributed by atoms with Gasteiger partial charge >= 0.3 is 0 Å². The van der Waals surface area contributed by atoms with E-state index in [1.54, 1.807) is 0 Å². The first-order chi connectivity index (χ1) is 9.31. The van der Waals surface area contributed by atoms with E-state index in [-0.39, 0.29) is 0 Å². The second-order valence-corrected chi connectivity index (χ2v) is 5.61. The third-order valence-electron chi connectivity index (χ3n) is 2.79. The normalized spacial score (nSPS) is 10.8. The molecule has 4 heteroatoms. The summed E-state index contributed by atoms with van der Waals surface area (Å²) in [5.41, 5.74) is 2.20. The minimum absolute atomic E-state index is 0.636. The predicted molar refractivity (Wildman–Crippen MR) is 80.3 cm³/mol. The highest BCUT2D eigenvalue weighted by molar-refractivity contribution is 7.20. The number of halogens is 1. The summed E-state index contributed by atoms with van der Waals surface area (Å²) in [6.07, 6.45) is 0.886. The van der Waals surface area contributed by atoms with Crippen LogP contribution in [0.5, 0.6) is 5.19 Å². The third kappa shape index (κ3) is 3.06. The number of hydrogen-bond acceptors (Lipinski definition) is 3. The molecule has 0 radical (unpaired) electrons.